The fraction of sp³-hybridized carbons (Fsp3) is 0.308. The topological polar surface area (TPSA) is 55.3 Å². The molecule has 0 spiro atoms. The maximum atomic E-state index is 5.58. The number of benzene rings is 1. The highest BCUT2D eigenvalue weighted by atomic mass is 16.5. The van der Waals surface area contributed by atoms with Crippen LogP contribution < -0.4 is 10.6 Å². The Hall–Kier alpha value is -1.97. The summed E-state index contributed by atoms with van der Waals surface area (Å²) in [5, 5.41) is 3.99. The summed E-state index contributed by atoms with van der Waals surface area (Å²) in [6, 6.07) is 10.0. The molecular weight excluding hydrogens is 214 g/mol. The van der Waals surface area contributed by atoms with Crippen LogP contribution in [-0.2, 0) is 0 Å². The summed E-state index contributed by atoms with van der Waals surface area (Å²) in [4.78, 5) is 2.39. The van der Waals surface area contributed by atoms with Crippen LogP contribution in [0, 0.1) is 0 Å². The van der Waals surface area contributed by atoms with E-state index in [9.17, 15) is 0 Å². The Bertz CT molecular complexity index is 515. The van der Waals surface area contributed by atoms with Gasteiger partial charge in [0, 0.05) is 30.4 Å². The lowest BCUT2D eigenvalue weighted by Gasteiger charge is -2.20. The molecule has 1 aliphatic rings. The van der Waals surface area contributed by atoms with Gasteiger partial charge in [0.15, 0.2) is 0 Å². The zero-order valence-electron chi connectivity index (χ0n) is 9.60. The average molecular weight is 229 g/mol. The van der Waals surface area contributed by atoms with Crippen molar-refractivity contribution in [2.24, 2.45) is 0 Å². The first-order valence-corrected chi connectivity index (χ1v) is 5.91. The van der Waals surface area contributed by atoms with Crippen molar-refractivity contribution in [2.45, 2.75) is 12.8 Å². The van der Waals surface area contributed by atoms with Crippen LogP contribution in [0.2, 0.25) is 0 Å². The molecule has 1 fully saturated rings. The number of nitrogens with two attached hydrogens (primary N) is 1. The van der Waals surface area contributed by atoms with E-state index in [-0.39, 0.29) is 0 Å². The van der Waals surface area contributed by atoms with E-state index >= 15 is 0 Å². The molecule has 4 nitrogen and oxygen atoms in total. The average Bonchev–Trinajstić information content (AvgIpc) is 3.00. The first kappa shape index (κ1) is 10.2. The molecule has 2 N–H and O–H groups in total. The summed E-state index contributed by atoms with van der Waals surface area (Å²) < 4.78 is 4.95. The maximum absolute atomic E-state index is 5.58. The summed E-state index contributed by atoms with van der Waals surface area (Å²) in [6.45, 7) is 2.23. The minimum Gasteiger partial charge on any atom is -0.371 e. The van der Waals surface area contributed by atoms with Crippen LogP contribution in [0.4, 0.5) is 11.6 Å². The summed E-state index contributed by atoms with van der Waals surface area (Å²) in [6.07, 6.45) is 2.52. The molecule has 0 atom stereocenters. The molecule has 1 saturated heterocycles. The smallest absolute Gasteiger partial charge is 0.222 e. The minimum absolute atomic E-state index is 0.358. The molecule has 1 aromatic heterocycles. The van der Waals surface area contributed by atoms with Crippen LogP contribution in [-0.4, -0.2) is 18.2 Å². The molecule has 0 aliphatic carbocycles. The molecule has 88 valence electrons. The van der Waals surface area contributed by atoms with E-state index in [1.807, 2.05) is 6.07 Å². The number of para-hydroxylation sites is 1. The Morgan fingerprint density at radius 1 is 1.18 bits per heavy atom. The largest absolute Gasteiger partial charge is 0.371 e. The summed E-state index contributed by atoms with van der Waals surface area (Å²) in [5.74, 6) is 0.358. The van der Waals surface area contributed by atoms with Crippen molar-refractivity contribution in [2.75, 3.05) is 23.7 Å². The lowest BCUT2D eigenvalue weighted by atomic mass is 10.1. The summed E-state index contributed by atoms with van der Waals surface area (Å²) in [5.41, 5.74) is 8.70. The second-order valence-electron chi connectivity index (χ2n) is 4.33. The van der Waals surface area contributed by atoms with Crippen molar-refractivity contribution in [3.8, 4) is 11.3 Å². The Balaban J connectivity index is 2.03. The van der Waals surface area contributed by atoms with Gasteiger partial charge in [-0.25, -0.2) is 0 Å². The Morgan fingerprint density at radius 3 is 2.65 bits per heavy atom. The van der Waals surface area contributed by atoms with Crippen LogP contribution in [0.1, 0.15) is 12.8 Å². The second kappa shape index (κ2) is 4.13. The van der Waals surface area contributed by atoms with Gasteiger partial charge in [0.25, 0.3) is 0 Å². The third-order valence-corrected chi connectivity index (χ3v) is 3.16. The van der Waals surface area contributed by atoms with Gasteiger partial charge in [-0.05, 0) is 18.9 Å². The number of rotatable bonds is 2. The van der Waals surface area contributed by atoms with Crippen molar-refractivity contribution in [1.29, 1.82) is 0 Å². The molecule has 1 aliphatic heterocycles. The van der Waals surface area contributed by atoms with E-state index in [1.54, 1.807) is 6.07 Å². The summed E-state index contributed by atoms with van der Waals surface area (Å²) >= 11 is 0. The third kappa shape index (κ3) is 1.86. The molecule has 2 heterocycles. The van der Waals surface area contributed by atoms with E-state index in [4.69, 9.17) is 10.3 Å². The number of anilines is 2. The predicted octanol–water partition coefficient (Wildman–Crippen LogP) is 2.52. The minimum atomic E-state index is 0.358. The highest BCUT2D eigenvalue weighted by Gasteiger charge is 2.17. The van der Waals surface area contributed by atoms with E-state index in [0.29, 0.717) is 5.88 Å². The van der Waals surface area contributed by atoms with Crippen molar-refractivity contribution >= 4 is 11.6 Å². The molecule has 0 amide bonds. The first-order chi connectivity index (χ1) is 8.34. The number of aromatic nitrogens is 1. The zero-order chi connectivity index (χ0) is 11.7. The number of hydrogen-bond donors (Lipinski definition) is 1. The zero-order valence-corrected chi connectivity index (χ0v) is 9.60. The van der Waals surface area contributed by atoms with Crippen LogP contribution in [0.15, 0.2) is 34.9 Å². The van der Waals surface area contributed by atoms with Gasteiger partial charge in [0.05, 0.1) is 0 Å². The van der Waals surface area contributed by atoms with Crippen molar-refractivity contribution in [3.63, 3.8) is 0 Å². The van der Waals surface area contributed by atoms with Gasteiger partial charge in [-0.2, -0.15) is 0 Å². The van der Waals surface area contributed by atoms with Gasteiger partial charge < -0.3 is 15.2 Å². The first-order valence-electron chi connectivity index (χ1n) is 5.91. The molecular formula is C13H15N3O. The Labute approximate surface area is 100 Å². The van der Waals surface area contributed by atoms with Crippen LogP contribution in [0.25, 0.3) is 11.3 Å². The fourth-order valence-corrected chi connectivity index (χ4v) is 2.34. The van der Waals surface area contributed by atoms with Gasteiger partial charge in [-0.15, -0.1) is 0 Å². The number of nitrogens with zero attached hydrogens (tertiary/aromatic N) is 2. The molecule has 3 rings (SSSR count). The predicted molar refractivity (Wildman–Crippen MR) is 67.8 cm³/mol. The van der Waals surface area contributed by atoms with Gasteiger partial charge in [-0.3, -0.25) is 0 Å². The van der Waals surface area contributed by atoms with Gasteiger partial charge in [0.1, 0.15) is 5.69 Å². The molecule has 0 unspecified atom stereocenters. The van der Waals surface area contributed by atoms with Crippen LogP contribution >= 0.6 is 0 Å². The van der Waals surface area contributed by atoms with Crippen LogP contribution in [0.5, 0.6) is 0 Å². The van der Waals surface area contributed by atoms with Crippen molar-refractivity contribution in [1.82, 2.24) is 5.16 Å². The Morgan fingerprint density at radius 2 is 1.94 bits per heavy atom. The molecule has 17 heavy (non-hydrogen) atoms. The van der Waals surface area contributed by atoms with E-state index in [0.717, 1.165) is 24.3 Å². The monoisotopic (exact) mass is 229 g/mol. The quantitative estimate of drug-likeness (QED) is 0.859. The SMILES string of the molecule is Nc1cc(-c2ccccc2N2CCCC2)no1. The maximum Gasteiger partial charge on any atom is 0.222 e. The number of hydrogen-bond acceptors (Lipinski definition) is 4. The van der Waals surface area contributed by atoms with Crippen molar-refractivity contribution < 1.29 is 4.52 Å². The highest BCUT2D eigenvalue weighted by Crippen LogP contribution is 2.32. The number of nitrogen functional groups attached to an aromatic ring is 1. The molecule has 0 saturated carbocycles. The molecule has 0 bridgehead atoms. The van der Waals surface area contributed by atoms with Gasteiger partial charge in [0.2, 0.25) is 5.88 Å². The van der Waals surface area contributed by atoms with E-state index in [2.05, 4.69) is 28.3 Å². The standard InChI is InChI=1S/C13H15N3O/c14-13-9-11(15-17-13)10-5-1-2-6-12(10)16-7-3-4-8-16/h1-2,5-6,9H,3-4,7-8,14H2. The lowest BCUT2D eigenvalue weighted by Crippen LogP contribution is -2.18. The summed E-state index contributed by atoms with van der Waals surface area (Å²) in [7, 11) is 0. The Kier molecular flexibility index (Phi) is 2.48. The van der Waals surface area contributed by atoms with Crippen LogP contribution in [0.3, 0.4) is 0 Å². The van der Waals surface area contributed by atoms with E-state index in [1.165, 1.54) is 18.5 Å². The van der Waals surface area contributed by atoms with Gasteiger partial charge >= 0.3 is 0 Å². The lowest BCUT2D eigenvalue weighted by molar-refractivity contribution is 0.439. The van der Waals surface area contributed by atoms with Gasteiger partial charge in [-0.1, -0.05) is 23.4 Å². The highest BCUT2D eigenvalue weighted by molar-refractivity contribution is 5.77. The molecule has 4 heteroatoms. The molecule has 1 aromatic carbocycles. The molecule has 2 aromatic rings. The molecule has 0 radical (unpaired) electrons. The van der Waals surface area contributed by atoms with E-state index < -0.39 is 0 Å². The normalized spacial score (nSPS) is 15.4. The third-order valence-electron chi connectivity index (χ3n) is 3.16. The fourth-order valence-electron chi connectivity index (χ4n) is 2.34. The van der Waals surface area contributed by atoms with Crippen molar-refractivity contribution in [3.05, 3.63) is 30.3 Å². The second-order valence-corrected chi connectivity index (χ2v) is 4.33.